The minimum Gasteiger partial charge on any atom is -0.508 e. The molecule has 3 aliphatic carbocycles. The first-order chi connectivity index (χ1) is 19.7. The highest BCUT2D eigenvalue weighted by atomic mass is 35.5. The number of nitrogens with two attached hydrogens (primary N) is 1. The molecular formula is C29H29ClN4O8. The Balaban J connectivity index is 1.60. The molecule has 0 aliphatic heterocycles. The van der Waals surface area contributed by atoms with Crippen molar-refractivity contribution >= 4 is 57.9 Å². The summed E-state index contributed by atoms with van der Waals surface area (Å²) in [4.78, 5) is 52.8. The fourth-order valence-corrected chi connectivity index (χ4v) is 6.43. The molecule has 13 heteroatoms. The van der Waals surface area contributed by atoms with Crippen LogP contribution < -0.4 is 21.3 Å². The molecule has 5 rings (SSSR count). The van der Waals surface area contributed by atoms with Gasteiger partial charge in [-0.2, -0.15) is 0 Å². The summed E-state index contributed by atoms with van der Waals surface area (Å²) in [7, 11) is 3.45. The summed E-state index contributed by atoms with van der Waals surface area (Å²) in [5.74, 6) is -7.25. The molecule has 1 fully saturated rings. The van der Waals surface area contributed by atoms with Gasteiger partial charge in [-0.25, -0.2) is 4.79 Å². The Bertz CT molecular complexity index is 1660. The number of aliphatic hydroxyl groups excluding tert-OH is 2. The summed E-state index contributed by atoms with van der Waals surface area (Å²) >= 11 is 5.99. The summed E-state index contributed by atoms with van der Waals surface area (Å²) in [6.45, 7) is 1.75. The maximum Gasteiger partial charge on any atom is 0.323 e. The second kappa shape index (κ2) is 10.1. The van der Waals surface area contributed by atoms with Crippen LogP contribution in [0.3, 0.4) is 0 Å². The Hall–Kier alpha value is -4.55. The van der Waals surface area contributed by atoms with E-state index in [-0.39, 0.29) is 29.7 Å². The van der Waals surface area contributed by atoms with E-state index in [9.17, 15) is 39.6 Å². The zero-order chi connectivity index (χ0) is 30.8. The third-order valence-corrected chi connectivity index (χ3v) is 8.44. The number of benzene rings is 2. The van der Waals surface area contributed by atoms with E-state index in [2.05, 4.69) is 10.6 Å². The first-order valence-electron chi connectivity index (χ1n) is 13.0. The first-order valence-corrected chi connectivity index (χ1v) is 13.4. The maximum absolute atomic E-state index is 13.8. The van der Waals surface area contributed by atoms with Crippen LogP contribution in [0.2, 0.25) is 5.02 Å². The predicted molar refractivity (Wildman–Crippen MR) is 155 cm³/mol. The number of nitrogens with zero attached hydrogens (tertiary/aromatic N) is 1. The predicted octanol–water partition coefficient (Wildman–Crippen LogP) is 3.10. The zero-order valence-corrected chi connectivity index (χ0v) is 23.7. The molecule has 3 atom stereocenters. The van der Waals surface area contributed by atoms with Crippen molar-refractivity contribution in [3.05, 3.63) is 62.9 Å². The summed E-state index contributed by atoms with van der Waals surface area (Å²) in [5.41, 5.74) is 3.40. The molecule has 8 N–H and O–H groups in total. The number of halogens is 1. The summed E-state index contributed by atoms with van der Waals surface area (Å²) in [6, 6.07) is 5.71. The number of hydrogen-bond donors (Lipinski definition) is 7. The minimum absolute atomic E-state index is 0.0133. The second-order valence-corrected chi connectivity index (χ2v) is 11.4. The Kier molecular flexibility index (Phi) is 6.94. The largest absolute Gasteiger partial charge is 0.508 e. The van der Waals surface area contributed by atoms with Crippen molar-refractivity contribution in [2.45, 2.75) is 31.8 Å². The fraction of sp³-hybridized carbons (Fsp3) is 0.310. The number of Topliss-reactive ketones (excluding diaryl/α,β-unsaturated/α-hetero) is 2. The van der Waals surface area contributed by atoms with Crippen LogP contribution in [0.25, 0.3) is 5.76 Å². The van der Waals surface area contributed by atoms with Crippen LogP contribution in [-0.4, -0.2) is 63.6 Å². The van der Waals surface area contributed by atoms with Gasteiger partial charge in [0.15, 0.2) is 17.1 Å². The first kappa shape index (κ1) is 29.0. The van der Waals surface area contributed by atoms with Crippen molar-refractivity contribution in [2.24, 2.45) is 17.6 Å². The van der Waals surface area contributed by atoms with Gasteiger partial charge in [-0.3, -0.25) is 14.4 Å². The van der Waals surface area contributed by atoms with Crippen LogP contribution in [0.5, 0.6) is 5.75 Å². The maximum atomic E-state index is 13.8. The number of ketones is 2. The lowest BCUT2D eigenvalue weighted by Crippen LogP contribution is -2.58. The van der Waals surface area contributed by atoms with Crippen molar-refractivity contribution in [1.82, 2.24) is 0 Å². The van der Waals surface area contributed by atoms with Gasteiger partial charge in [0.2, 0.25) is 5.78 Å². The Labute approximate surface area is 245 Å². The normalized spacial score (nSPS) is 23.2. The highest BCUT2D eigenvalue weighted by Gasteiger charge is 2.60. The number of anilines is 3. The molecule has 0 saturated heterocycles. The quantitative estimate of drug-likeness (QED) is 0.204. The molecule has 3 aliphatic rings. The van der Waals surface area contributed by atoms with Crippen molar-refractivity contribution in [1.29, 1.82) is 0 Å². The summed E-state index contributed by atoms with van der Waals surface area (Å²) in [6.07, 6.45) is -0.260. The van der Waals surface area contributed by atoms with Gasteiger partial charge in [0.25, 0.3) is 5.91 Å². The van der Waals surface area contributed by atoms with Gasteiger partial charge in [-0.1, -0.05) is 11.6 Å². The van der Waals surface area contributed by atoms with E-state index in [1.165, 1.54) is 6.07 Å². The Morgan fingerprint density at radius 1 is 1.07 bits per heavy atom. The topological polar surface area (TPSA) is 203 Å². The standard InChI is InChI=1S/C29H29ClN4O8/c1-11-6-14(30)4-5-16(11)32-28(41)33-17-10-18(34(2)3)15-8-12-7-13-9-19(35)22(27(31)40)26(39)29(13,42)25(38)20(12)24(37)21(15)23(17)36/h4-6,10,12-13,36-37,39,42H,7-9H2,1-3H3,(H2,31,40)(H2,32,33,41)/t12-,13+,29+/m1/s1. The van der Waals surface area contributed by atoms with Gasteiger partial charge < -0.3 is 41.7 Å². The highest BCUT2D eigenvalue weighted by Crippen LogP contribution is 2.54. The lowest BCUT2D eigenvalue weighted by atomic mass is 9.59. The van der Waals surface area contributed by atoms with Crippen LogP contribution in [0.15, 0.2) is 41.2 Å². The third-order valence-electron chi connectivity index (χ3n) is 8.21. The monoisotopic (exact) mass is 596 g/mol. The molecule has 1 saturated carbocycles. The highest BCUT2D eigenvalue weighted by molar-refractivity contribution is 6.30. The Morgan fingerprint density at radius 3 is 2.36 bits per heavy atom. The van der Waals surface area contributed by atoms with E-state index in [1.807, 2.05) is 0 Å². The van der Waals surface area contributed by atoms with Gasteiger partial charge >= 0.3 is 6.03 Å². The summed E-state index contributed by atoms with van der Waals surface area (Å²) < 4.78 is 0. The van der Waals surface area contributed by atoms with Crippen molar-refractivity contribution < 1.29 is 39.6 Å². The number of fused-ring (bicyclic) bond motifs is 3. The number of urea groups is 1. The van der Waals surface area contributed by atoms with Gasteiger partial charge in [0.05, 0.1) is 11.3 Å². The number of nitrogens with one attached hydrogen (secondary N) is 2. The average molecular weight is 597 g/mol. The van der Waals surface area contributed by atoms with Crippen LogP contribution in [0.1, 0.15) is 29.5 Å². The molecule has 2 aromatic carbocycles. The van der Waals surface area contributed by atoms with Gasteiger partial charge in [0.1, 0.15) is 17.1 Å². The van der Waals surface area contributed by atoms with E-state index in [0.717, 1.165) is 0 Å². The number of carbonyl (C=O) groups is 4. The molecule has 42 heavy (non-hydrogen) atoms. The molecule has 0 radical (unpaired) electrons. The van der Waals surface area contributed by atoms with E-state index < -0.39 is 70.2 Å². The van der Waals surface area contributed by atoms with Crippen molar-refractivity contribution in [2.75, 3.05) is 29.6 Å². The summed E-state index contributed by atoms with van der Waals surface area (Å²) in [5, 5.41) is 50.6. The number of aromatic hydroxyl groups is 1. The van der Waals surface area contributed by atoms with Crippen LogP contribution in [0, 0.1) is 18.8 Å². The number of rotatable bonds is 4. The van der Waals surface area contributed by atoms with Crippen LogP contribution >= 0.6 is 11.6 Å². The van der Waals surface area contributed by atoms with Crippen LogP contribution in [0.4, 0.5) is 21.9 Å². The molecule has 2 aromatic rings. The number of primary amides is 1. The van der Waals surface area contributed by atoms with Gasteiger partial charge in [-0.15, -0.1) is 0 Å². The SMILES string of the molecule is Cc1cc(Cl)ccc1NC(=O)Nc1cc(N(C)C)c2c(c1O)C(O)=C1C(=O)[C@]3(O)C(O)=C(C(N)=O)C(=O)C[C@@H]3C[C@@H]1C2. The van der Waals surface area contributed by atoms with Crippen LogP contribution in [-0.2, 0) is 20.8 Å². The smallest absolute Gasteiger partial charge is 0.323 e. The van der Waals surface area contributed by atoms with Gasteiger partial charge in [-0.05, 0) is 61.1 Å². The molecule has 12 nitrogen and oxygen atoms in total. The van der Waals surface area contributed by atoms with E-state index in [4.69, 9.17) is 17.3 Å². The number of phenols is 1. The molecule has 0 bridgehead atoms. The Morgan fingerprint density at radius 2 is 1.74 bits per heavy atom. The molecular weight excluding hydrogens is 568 g/mol. The average Bonchev–Trinajstić information content (AvgIpc) is 2.89. The number of carbonyl (C=O) groups excluding carboxylic acids is 4. The number of amides is 3. The number of hydrogen-bond acceptors (Lipinski definition) is 9. The molecule has 3 amide bonds. The number of aliphatic hydroxyl groups is 3. The third kappa shape index (κ3) is 4.34. The lowest BCUT2D eigenvalue weighted by Gasteiger charge is -2.46. The van der Waals surface area contributed by atoms with E-state index in [1.54, 1.807) is 44.1 Å². The zero-order valence-electron chi connectivity index (χ0n) is 22.9. The van der Waals surface area contributed by atoms with E-state index >= 15 is 0 Å². The van der Waals surface area contributed by atoms with Crippen molar-refractivity contribution in [3.8, 4) is 5.75 Å². The minimum atomic E-state index is -2.66. The number of aryl methyl sites for hydroxylation is 1. The fourth-order valence-electron chi connectivity index (χ4n) is 6.21. The molecule has 0 aromatic heterocycles. The van der Waals surface area contributed by atoms with Crippen molar-refractivity contribution in [3.63, 3.8) is 0 Å². The number of phenolic OH excluding ortho intramolecular Hbond substituents is 1. The molecule has 220 valence electrons. The molecule has 0 spiro atoms. The van der Waals surface area contributed by atoms with E-state index in [0.29, 0.717) is 27.5 Å². The molecule has 0 heterocycles. The second-order valence-electron chi connectivity index (χ2n) is 11.0. The molecule has 0 unspecified atom stereocenters. The lowest BCUT2D eigenvalue weighted by molar-refractivity contribution is -0.147. The van der Waals surface area contributed by atoms with Gasteiger partial charge in [0, 0.05) is 48.4 Å².